The standard InChI is InChI=1S/C15H24N2O3/c18-14(19)8-13-2-1-7-17(13)15(20)16(9-11-3-4-11)10-12-5-6-12/h11-13H,1-10H2,(H,18,19). The first-order valence-electron chi connectivity index (χ1n) is 7.91. The molecule has 2 saturated carbocycles. The number of hydrogen-bond donors (Lipinski definition) is 1. The molecule has 0 bridgehead atoms. The second kappa shape index (κ2) is 5.62. The molecule has 1 saturated heterocycles. The fourth-order valence-electron chi connectivity index (χ4n) is 3.14. The van der Waals surface area contributed by atoms with Crippen LogP contribution in [0, 0.1) is 11.8 Å². The van der Waals surface area contributed by atoms with Gasteiger partial charge >= 0.3 is 12.0 Å². The molecule has 112 valence electrons. The van der Waals surface area contributed by atoms with E-state index in [0.29, 0.717) is 11.8 Å². The molecular weight excluding hydrogens is 256 g/mol. The number of carboxylic acid groups (broad SMARTS) is 1. The van der Waals surface area contributed by atoms with Gasteiger partial charge in [0.2, 0.25) is 0 Å². The summed E-state index contributed by atoms with van der Waals surface area (Å²) in [6, 6.07) is -0.00606. The minimum Gasteiger partial charge on any atom is -0.481 e. The quantitative estimate of drug-likeness (QED) is 0.811. The number of carbonyl (C=O) groups excluding carboxylic acids is 1. The van der Waals surface area contributed by atoms with E-state index in [2.05, 4.69) is 0 Å². The molecule has 1 N–H and O–H groups in total. The zero-order valence-electron chi connectivity index (χ0n) is 12.0. The van der Waals surface area contributed by atoms with Crippen molar-refractivity contribution in [1.82, 2.24) is 9.80 Å². The van der Waals surface area contributed by atoms with Crippen LogP contribution in [0.15, 0.2) is 0 Å². The maximum Gasteiger partial charge on any atom is 0.320 e. The molecule has 1 atom stereocenters. The first kappa shape index (κ1) is 13.7. The first-order valence-corrected chi connectivity index (χ1v) is 7.91. The molecule has 5 heteroatoms. The molecule has 20 heavy (non-hydrogen) atoms. The Balaban J connectivity index is 1.61. The van der Waals surface area contributed by atoms with Crippen molar-refractivity contribution < 1.29 is 14.7 Å². The van der Waals surface area contributed by atoms with Crippen LogP contribution in [0.5, 0.6) is 0 Å². The van der Waals surface area contributed by atoms with Gasteiger partial charge in [0.1, 0.15) is 0 Å². The van der Waals surface area contributed by atoms with E-state index in [-0.39, 0.29) is 18.5 Å². The summed E-state index contributed by atoms with van der Waals surface area (Å²) in [5.74, 6) is 0.585. The zero-order valence-corrected chi connectivity index (χ0v) is 12.0. The fraction of sp³-hybridized carbons (Fsp3) is 0.867. The van der Waals surface area contributed by atoms with E-state index < -0.39 is 5.97 Å². The normalized spacial score (nSPS) is 25.8. The first-order chi connectivity index (χ1) is 9.63. The SMILES string of the molecule is O=C(O)CC1CCCN1C(=O)N(CC1CC1)CC1CC1. The average Bonchev–Trinajstić information content (AvgIpc) is 3.30. The van der Waals surface area contributed by atoms with Crippen molar-refractivity contribution in [2.75, 3.05) is 19.6 Å². The van der Waals surface area contributed by atoms with Crippen molar-refractivity contribution >= 4 is 12.0 Å². The number of nitrogens with zero attached hydrogens (tertiary/aromatic N) is 2. The lowest BCUT2D eigenvalue weighted by Gasteiger charge is -2.31. The van der Waals surface area contributed by atoms with Crippen molar-refractivity contribution in [2.45, 2.75) is 51.0 Å². The highest BCUT2D eigenvalue weighted by Gasteiger charge is 2.37. The van der Waals surface area contributed by atoms with Crippen LogP contribution in [-0.2, 0) is 4.79 Å². The molecule has 0 aromatic carbocycles. The van der Waals surface area contributed by atoms with Crippen molar-refractivity contribution in [3.05, 3.63) is 0 Å². The minimum atomic E-state index is -0.800. The molecule has 1 aliphatic heterocycles. The summed E-state index contributed by atoms with van der Waals surface area (Å²) in [4.78, 5) is 27.5. The number of urea groups is 1. The summed E-state index contributed by atoms with van der Waals surface area (Å²) in [5.41, 5.74) is 0. The van der Waals surface area contributed by atoms with E-state index in [1.165, 1.54) is 25.7 Å². The molecule has 2 aliphatic carbocycles. The number of carboxylic acids is 1. The van der Waals surface area contributed by atoms with Crippen LogP contribution >= 0.6 is 0 Å². The van der Waals surface area contributed by atoms with Gasteiger partial charge in [-0.25, -0.2) is 4.79 Å². The Morgan fingerprint density at radius 2 is 1.65 bits per heavy atom. The van der Waals surface area contributed by atoms with E-state index in [4.69, 9.17) is 5.11 Å². The number of rotatable bonds is 6. The van der Waals surface area contributed by atoms with E-state index in [1.807, 2.05) is 9.80 Å². The van der Waals surface area contributed by atoms with Gasteiger partial charge in [-0.05, 0) is 50.4 Å². The Morgan fingerprint density at radius 3 is 2.15 bits per heavy atom. The molecule has 0 radical (unpaired) electrons. The predicted molar refractivity (Wildman–Crippen MR) is 74.4 cm³/mol. The largest absolute Gasteiger partial charge is 0.481 e. The number of aliphatic carboxylic acids is 1. The van der Waals surface area contributed by atoms with Gasteiger partial charge in [0, 0.05) is 25.7 Å². The highest BCUT2D eigenvalue weighted by atomic mass is 16.4. The minimum absolute atomic E-state index is 0.0897. The molecule has 2 amide bonds. The molecule has 3 aliphatic rings. The molecule has 5 nitrogen and oxygen atoms in total. The van der Waals surface area contributed by atoms with Crippen LogP contribution in [0.1, 0.15) is 44.9 Å². The highest BCUT2D eigenvalue weighted by molar-refractivity contribution is 5.76. The van der Waals surface area contributed by atoms with Gasteiger partial charge in [-0.2, -0.15) is 0 Å². The van der Waals surface area contributed by atoms with Crippen molar-refractivity contribution in [1.29, 1.82) is 0 Å². The van der Waals surface area contributed by atoms with Crippen molar-refractivity contribution in [3.8, 4) is 0 Å². The molecule has 0 spiro atoms. The number of hydrogen-bond acceptors (Lipinski definition) is 2. The lowest BCUT2D eigenvalue weighted by molar-refractivity contribution is -0.138. The summed E-state index contributed by atoms with van der Waals surface area (Å²) in [6.07, 6.45) is 6.83. The topological polar surface area (TPSA) is 60.9 Å². The maximum absolute atomic E-state index is 12.7. The number of amides is 2. The van der Waals surface area contributed by atoms with E-state index in [1.54, 1.807) is 0 Å². The monoisotopic (exact) mass is 280 g/mol. The summed E-state index contributed by atoms with van der Waals surface area (Å²) in [6.45, 7) is 2.49. The molecule has 0 aromatic heterocycles. The van der Waals surface area contributed by atoms with Crippen molar-refractivity contribution in [3.63, 3.8) is 0 Å². The van der Waals surface area contributed by atoms with Crippen LogP contribution in [0.3, 0.4) is 0 Å². The second-order valence-electron chi connectivity index (χ2n) is 6.66. The predicted octanol–water partition coefficient (Wildman–Crippen LogP) is 2.17. The van der Waals surface area contributed by atoms with Crippen LogP contribution in [0.25, 0.3) is 0 Å². The van der Waals surface area contributed by atoms with E-state index in [9.17, 15) is 9.59 Å². The summed E-state index contributed by atoms with van der Waals surface area (Å²) in [5, 5.41) is 8.97. The third kappa shape index (κ3) is 3.44. The van der Waals surface area contributed by atoms with Crippen LogP contribution in [0.2, 0.25) is 0 Å². The van der Waals surface area contributed by atoms with Gasteiger partial charge < -0.3 is 14.9 Å². The summed E-state index contributed by atoms with van der Waals surface area (Å²) in [7, 11) is 0. The van der Waals surface area contributed by atoms with Gasteiger partial charge in [-0.3, -0.25) is 4.79 Å². The van der Waals surface area contributed by atoms with Gasteiger partial charge in [-0.15, -0.1) is 0 Å². The summed E-state index contributed by atoms with van der Waals surface area (Å²) >= 11 is 0. The third-order valence-corrected chi connectivity index (χ3v) is 4.65. The Bertz CT molecular complexity index is 377. The smallest absolute Gasteiger partial charge is 0.320 e. The maximum atomic E-state index is 12.7. The lowest BCUT2D eigenvalue weighted by Crippen LogP contribution is -2.47. The summed E-state index contributed by atoms with van der Waals surface area (Å²) < 4.78 is 0. The fourth-order valence-corrected chi connectivity index (χ4v) is 3.14. The second-order valence-corrected chi connectivity index (χ2v) is 6.66. The highest BCUT2D eigenvalue weighted by Crippen LogP contribution is 2.34. The van der Waals surface area contributed by atoms with Gasteiger partial charge in [0.25, 0.3) is 0 Å². The van der Waals surface area contributed by atoms with Crippen LogP contribution in [0.4, 0.5) is 4.79 Å². The number of carbonyl (C=O) groups is 2. The lowest BCUT2D eigenvalue weighted by atomic mass is 10.1. The average molecular weight is 280 g/mol. The van der Waals surface area contributed by atoms with Gasteiger partial charge in [0.05, 0.1) is 6.42 Å². The molecule has 1 heterocycles. The Kier molecular flexibility index (Phi) is 3.85. The third-order valence-electron chi connectivity index (χ3n) is 4.65. The van der Waals surface area contributed by atoms with Gasteiger partial charge in [-0.1, -0.05) is 0 Å². The number of likely N-dealkylation sites (tertiary alicyclic amines) is 1. The molecule has 1 unspecified atom stereocenters. The van der Waals surface area contributed by atoms with E-state index in [0.717, 1.165) is 32.5 Å². The van der Waals surface area contributed by atoms with Crippen molar-refractivity contribution in [2.24, 2.45) is 11.8 Å². The molecule has 3 rings (SSSR count). The van der Waals surface area contributed by atoms with Gasteiger partial charge in [0.15, 0.2) is 0 Å². The Morgan fingerprint density at radius 1 is 1.05 bits per heavy atom. The Labute approximate surface area is 119 Å². The molecule has 3 fully saturated rings. The molecule has 0 aromatic rings. The zero-order chi connectivity index (χ0) is 14.1. The Hall–Kier alpha value is -1.26. The molecular formula is C15H24N2O3. The van der Waals surface area contributed by atoms with E-state index >= 15 is 0 Å². The van der Waals surface area contributed by atoms with Crippen LogP contribution < -0.4 is 0 Å². The van der Waals surface area contributed by atoms with Crippen LogP contribution in [-0.4, -0.2) is 52.6 Å².